The van der Waals surface area contributed by atoms with Crippen LogP contribution in [0.2, 0.25) is 0 Å². The molecule has 0 spiro atoms. The maximum atomic E-state index is 12.1. The third-order valence-electron chi connectivity index (χ3n) is 3.90. The first-order valence-corrected chi connectivity index (χ1v) is 6.81. The Balaban J connectivity index is 2.03. The van der Waals surface area contributed by atoms with E-state index in [4.69, 9.17) is 0 Å². The van der Waals surface area contributed by atoms with Crippen LogP contribution in [0.25, 0.3) is 0 Å². The van der Waals surface area contributed by atoms with Gasteiger partial charge in [0.2, 0.25) is 5.95 Å². The molecule has 1 fully saturated rings. The molecular weight excluding hydrogens is 226 g/mol. The van der Waals surface area contributed by atoms with E-state index in [-0.39, 0.29) is 5.78 Å². The van der Waals surface area contributed by atoms with Crippen molar-refractivity contribution in [2.75, 3.05) is 18.0 Å². The van der Waals surface area contributed by atoms with Crippen LogP contribution in [0.1, 0.15) is 47.9 Å². The van der Waals surface area contributed by atoms with Crippen LogP contribution in [-0.2, 0) is 6.42 Å². The van der Waals surface area contributed by atoms with Gasteiger partial charge in [-0.15, -0.1) is 0 Å². The SMILES string of the molecule is Cc1nc(N2CCCC2)nc2c1C(=O)C[C@H](C)C2. The quantitative estimate of drug-likeness (QED) is 0.760. The molecule has 1 aromatic rings. The zero-order valence-electron chi connectivity index (χ0n) is 11.1. The minimum absolute atomic E-state index is 0.217. The van der Waals surface area contributed by atoms with Crippen molar-refractivity contribution in [2.24, 2.45) is 5.92 Å². The molecule has 0 radical (unpaired) electrons. The fourth-order valence-electron chi connectivity index (χ4n) is 3.01. The standard InChI is InChI=1S/C14H19N3O/c1-9-7-11-13(12(18)8-9)10(2)15-14(16-11)17-5-3-4-6-17/h9H,3-8H2,1-2H3/t9-/m1/s1. The number of carbonyl (C=O) groups is 1. The Labute approximate surface area is 107 Å². The number of hydrogen-bond acceptors (Lipinski definition) is 4. The average molecular weight is 245 g/mol. The van der Waals surface area contributed by atoms with Crippen LogP contribution in [0, 0.1) is 12.8 Å². The first-order chi connectivity index (χ1) is 8.65. The van der Waals surface area contributed by atoms with Gasteiger partial charge in [-0.05, 0) is 32.1 Å². The second-order valence-corrected chi connectivity index (χ2v) is 5.56. The summed E-state index contributed by atoms with van der Waals surface area (Å²) in [5.74, 6) is 1.45. The molecular formula is C14H19N3O. The summed E-state index contributed by atoms with van der Waals surface area (Å²) >= 11 is 0. The van der Waals surface area contributed by atoms with E-state index in [1.165, 1.54) is 12.8 Å². The van der Waals surface area contributed by atoms with E-state index >= 15 is 0 Å². The molecule has 0 unspecified atom stereocenters. The lowest BCUT2D eigenvalue weighted by Crippen LogP contribution is -2.26. The Bertz CT molecular complexity index is 492. The van der Waals surface area contributed by atoms with Crippen molar-refractivity contribution in [2.45, 2.75) is 39.5 Å². The van der Waals surface area contributed by atoms with Gasteiger partial charge in [0.15, 0.2) is 5.78 Å². The summed E-state index contributed by atoms with van der Waals surface area (Å²) < 4.78 is 0. The monoisotopic (exact) mass is 245 g/mol. The summed E-state index contributed by atoms with van der Waals surface area (Å²) in [6.45, 7) is 6.14. The molecule has 2 heterocycles. The number of Topliss-reactive ketones (excluding diaryl/α,β-unsaturated/α-hetero) is 1. The molecule has 1 aromatic heterocycles. The Kier molecular flexibility index (Phi) is 2.80. The molecule has 2 aliphatic rings. The largest absolute Gasteiger partial charge is 0.341 e. The van der Waals surface area contributed by atoms with Crippen LogP contribution in [-0.4, -0.2) is 28.8 Å². The van der Waals surface area contributed by atoms with Gasteiger partial charge in [0, 0.05) is 19.5 Å². The van der Waals surface area contributed by atoms with Crippen molar-refractivity contribution >= 4 is 11.7 Å². The van der Waals surface area contributed by atoms with Crippen LogP contribution in [0.4, 0.5) is 5.95 Å². The minimum atomic E-state index is 0.217. The number of aromatic nitrogens is 2. The predicted molar refractivity (Wildman–Crippen MR) is 70.0 cm³/mol. The molecule has 1 aliphatic carbocycles. The zero-order chi connectivity index (χ0) is 12.7. The highest BCUT2D eigenvalue weighted by Gasteiger charge is 2.27. The fraction of sp³-hybridized carbons (Fsp3) is 0.643. The number of aryl methyl sites for hydroxylation is 1. The van der Waals surface area contributed by atoms with Gasteiger partial charge in [0.25, 0.3) is 0 Å². The molecule has 4 heteroatoms. The van der Waals surface area contributed by atoms with Crippen LogP contribution in [0.15, 0.2) is 0 Å². The first-order valence-electron chi connectivity index (χ1n) is 6.81. The Hall–Kier alpha value is -1.45. The molecule has 1 atom stereocenters. The number of nitrogens with zero attached hydrogens (tertiary/aromatic N) is 3. The van der Waals surface area contributed by atoms with Gasteiger partial charge in [-0.25, -0.2) is 9.97 Å². The van der Waals surface area contributed by atoms with Crippen molar-refractivity contribution in [1.29, 1.82) is 0 Å². The third kappa shape index (κ3) is 1.89. The molecule has 1 saturated heterocycles. The van der Waals surface area contributed by atoms with Crippen LogP contribution in [0.5, 0.6) is 0 Å². The van der Waals surface area contributed by atoms with Crippen molar-refractivity contribution in [1.82, 2.24) is 9.97 Å². The number of fused-ring (bicyclic) bond motifs is 1. The van der Waals surface area contributed by atoms with Crippen LogP contribution in [0.3, 0.4) is 0 Å². The van der Waals surface area contributed by atoms with Crippen molar-refractivity contribution < 1.29 is 4.79 Å². The third-order valence-corrected chi connectivity index (χ3v) is 3.90. The second kappa shape index (κ2) is 4.34. The Morgan fingerprint density at radius 1 is 1.17 bits per heavy atom. The topological polar surface area (TPSA) is 46.1 Å². The summed E-state index contributed by atoms with van der Waals surface area (Å²) in [5.41, 5.74) is 2.61. The van der Waals surface area contributed by atoms with E-state index in [9.17, 15) is 4.79 Å². The lowest BCUT2D eigenvalue weighted by molar-refractivity contribution is 0.0951. The van der Waals surface area contributed by atoms with E-state index in [2.05, 4.69) is 21.8 Å². The predicted octanol–water partition coefficient (Wildman–Crippen LogP) is 2.15. The highest BCUT2D eigenvalue weighted by atomic mass is 16.1. The molecule has 96 valence electrons. The van der Waals surface area contributed by atoms with Crippen LogP contribution >= 0.6 is 0 Å². The number of ketones is 1. The number of rotatable bonds is 1. The average Bonchev–Trinajstić information content (AvgIpc) is 2.80. The van der Waals surface area contributed by atoms with E-state index < -0.39 is 0 Å². The van der Waals surface area contributed by atoms with Crippen LogP contribution < -0.4 is 4.90 Å². The molecule has 3 rings (SSSR count). The van der Waals surface area contributed by atoms with Gasteiger partial charge in [0.05, 0.1) is 17.0 Å². The molecule has 0 aromatic carbocycles. The zero-order valence-corrected chi connectivity index (χ0v) is 11.1. The smallest absolute Gasteiger partial charge is 0.225 e. The number of hydrogen-bond donors (Lipinski definition) is 0. The molecule has 0 N–H and O–H groups in total. The molecule has 0 saturated carbocycles. The summed E-state index contributed by atoms with van der Waals surface area (Å²) in [6, 6.07) is 0. The molecule has 18 heavy (non-hydrogen) atoms. The van der Waals surface area contributed by atoms with E-state index in [0.29, 0.717) is 12.3 Å². The van der Waals surface area contributed by atoms with Gasteiger partial charge < -0.3 is 4.90 Å². The number of anilines is 1. The van der Waals surface area contributed by atoms with Gasteiger partial charge >= 0.3 is 0 Å². The summed E-state index contributed by atoms with van der Waals surface area (Å²) in [5, 5.41) is 0. The second-order valence-electron chi connectivity index (χ2n) is 5.56. The Morgan fingerprint density at radius 3 is 2.61 bits per heavy atom. The van der Waals surface area contributed by atoms with Crippen molar-refractivity contribution in [3.63, 3.8) is 0 Å². The Morgan fingerprint density at radius 2 is 1.89 bits per heavy atom. The van der Waals surface area contributed by atoms with Gasteiger partial charge in [-0.1, -0.05) is 6.92 Å². The van der Waals surface area contributed by atoms with Gasteiger partial charge in [-0.3, -0.25) is 4.79 Å². The molecule has 0 amide bonds. The van der Waals surface area contributed by atoms with Crippen molar-refractivity contribution in [3.8, 4) is 0 Å². The summed E-state index contributed by atoms with van der Waals surface area (Å²) in [6.07, 6.45) is 3.98. The summed E-state index contributed by atoms with van der Waals surface area (Å²) in [4.78, 5) is 23.5. The summed E-state index contributed by atoms with van der Waals surface area (Å²) in [7, 11) is 0. The number of carbonyl (C=O) groups excluding carboxylic acids is 1. The van der Waals surface area contributed by atoms with Gasteiger partial charge in [0.1, 0.15) is 0 Å². The lowest BCUT2D eigenvalue weighted by Gasteiger charge is -2.23. The fourth-order valence-corrected chi connectivity index (χ4v) is 3.01. The molecule has 4 nitrogen and oxygen atoms in total. The molecule has 0 bridgehead atoms. The van der Waals surface area contributed by atoms with E-state index in [0.717, 1.165) is 42.4 Å². The van der Waals surface area contributed by atoms with Crippen molar-refractivity contribution in [3.05, 3.63) is 17.0 Å². The normalized spacial score (nSPS) is 23.3. The van der Waals surface area contributed by atoms with Gasteiger partial charge in [-0.2, -0.15) is 0 Å². The maximum Gasteiger partial charge on any atom is 0.225 e. The lowest BCUT2D eigenvalue weighted by atomic mass is 9.86. The minimum Gasteiger partial charge on any atom is -0.341 e. The van der Waals surface area contributed by atoms with E-state index in [1.54, 1.807) is 0 Å². The maximum absolute atomic E-state index is 12.1. The highest BCUT2D eigenvalue weighted by molar-refractivity contribution is 5.99. The first kappa shape index (κ1) is 11.6. The van der Waals surface area contributed by atoms with E-state index in [1.807, 2.05) is 6.92 Å². The highest BCUT2D eigenvalue weighted by Crippen LogP contribution is 2.28. The molecule has 1 aliphatic heterocycles.